The van der Waals surface area contributed by atoms with Crippen molar-refractivity contribution in [3.8, 4) is 6.07 Å². The predicted octanol–water partition coefficient (Wildman–Crippen LogP) is 2.18. The number of carbonyl (C=O) groups is 1. The van der Waals surface area contributed by atoms with Gasteiger partial charge < -0.3 is 4.74 Å². The Kier molecular flexibility index (Phi) is 4.23. The van der Waals surface area contributed by atoms with Gasteiger partial charge in [-0.2, -0.15) is 5.26 Å². The Balaban J connectivity index is 1.80. The summed E-state index contributed by atoms with van der Waals surface area (Å²) in [7, 11) is 2.08. The highest BCUT2D eigenvalue weighted by Crippen LogP contribution is 2.32. The molecule has 1 aromatic rings. The first kappa shape index (κ1) is 15.1. The highest BCUT2D eigenvalue weighted by atomic mass is 19.1. The Bertz CT molecular complexity index is 612. The molecule has 1 aromatic carbocycles. The van der Waals surface area contributed by atoms with Crippen LogP contribution < -0.4 is 0 Å². The van der Waals surface area contributed by atoms with Crippen LogP contribution in [0.15, 0.2) is 18.2 Å². The van der Waals surface area contributed by atoms with Gasteiger partial charge >= 0.3 is 0 Å². The Hall–Kier alpha value is -1.77. The molecule has 5 heteroatoms. The van der Waals surface area contributed by atoms with Crippen molar-refractivity contribution in [1.29, 1.82) is 5.26 Å². The van der Waals surface area contributed by atoms with Crippen LogP contribution in [0.2, 0.25) is 0 Å². The molecule has 0 saturated carbocycles. The number of benzene rings is 1. The van der Waals surface area contributed by atoms with Crippen molar-refractivity contribution in [2.75, 3.05) is 20.3 Å². The molecule has 2 fully saturated rings. The molecule has 22 heavy (non-hydrogen) atoms. The molecule has 2 aliphatic heterocycles. The molecule has 2 atom stereocenters. The van der Waals surface area contributed by atoms with Gasteiger partial charge in [-0.05, 0) is 38.1 Å². The van der Waals surface area contributed by atoms with Crippen molar-refractivity contribution >= 4 is 5.78 Å². The molecule has 0 amide bonds. The van der Waals surface area contributed by atoms with E-state index in [9.17, 15) is 9.18 Å². The largest absolute Gasteiger partial charge is 0.378 e. The van der Waals surface area contributed by atoms with Gasteiger partial charge in [0.2, 0.25) is 0 Å². The third-order valence-electron chi connectivity index (χ3n) is 4.86. The van der Waals surface area contributed by atoms with E-state index in [4.69, 9.17) is 10.00 Å². The number of morpholine rings is 1. The number of rotatable bonds is 3. The Labute approximate surface area is 129 Å². The number of piperidine rings is 1. The standard InChI is InChI=1S/C17H19FN2O2/c1-20-14-7-13(8-15(20)10-22-9-14)17(21)12-2-3-16(18)11(6-12)4-5-19/h2-3,6,13-15H,4,7-10H2,1H3. The number of ketones is 1. The van der Waals surface area contributed by atoms with Crippen molar-refractivity contribution in [2.24, 2.45) is 5.92 Å². The average Bonchev–Trinajstić information content (AvgIpc) is 2.49. The fraction of sp³-hybridized carbons (Fsp3) is 0.529. The van der Waals surface area contributed by atoms with E-state index in [1.807, 2.05) is 6.07 Å². The minimum absolute atomic E-state index is 0.0144. The van der Waals surface area contributed by atoms with Crippen LogP contribution in [-0.2, 0) is 11.2 Å². The number of fused-ring (bicyclic) bond motifs is 2. The second-order valence-corrected chi connectivity index (χ2v) is 6.18. The van der Waals surface area contributed by atoms with Crippen molar-refractivity contribution in [2.45, 2.75) is 31.3 Å². The number of hydrogen-bond acceptors (Lipinski definition) is 4. The van der Waals surface area contributed by atoms with Gasteiger partial charge in [-0.3, -0.25) is 9.69 Å². The van der Waals surface area contributed by atoms with Gasteiger partial charge in [-0.15, -0.1) is 0 Å². The number of likely N-dealkylation sites (N-methyl/N-ethyl adjacent to an activating group) is 1. The van der Waals surface area contributed by atoms with Crippen LogP contribution >= 0.6 is 0 Å². The summed E-state index contributed by atoms with van der Waals surface area (Å²) >= 11 is 0. The zero-order valence-electron chi connectivity index (χ0n) is 12.6. The maximum atomic E-state index is 13.6. The first-order chi connectivity index (χ1) is 10.6. The number of halogens is 1. The van der Waals surface area contributed by atoms with Crippen LogP contribution in [0.3, 0.4) is 0 Å². The van der Waals surface area contributed by atoms with Crippen LogP contribution in [0.1, 0.15) is 28.8 Å². The maximum absolute atomic E-state index is 13.6. The highest BCUT2D eigenvalue weighted by molar-refractivity contribution is 5.98. The molecule has 2 aliphatic rings. The number of carbonyl (C=O) groups excluding carboxylic acids is 1. The molecule has 2 unspecified atom stereocenters. The summed E-state index contributed by atoms with van der Waals surface area (Å²) in [6.45, 7) is 1.33. The van der Waals surface area contributed by atoms with Gasteiger partial charge in [0.05, 0.1) is 25.7 Å². The second kappa shape index (κ2) is 6.15. The monoisotopic (exact) mass is 302 g/mol. The van der Waals surface area contributed by atoms with Gasteiger partial charge in [0.1, 0.15) is 5.82 Å². The smallest absolute Gasteiger partial charge is 0.166 e. The zero-order valence-corrected chi connectivity index (χ0v) is 12.6. The number of ether oxygens (including phenoxy) is 1. The lowest BCUT2D eigenvalue weighted by molar-refractivity contribution is -0.0702. The molecule has 0 aromatic heterocycles. The Morgan fingerprint density at radius 1 is 1.41 bits per heavy atom. The van der Waals surface area contributed by atoms with Crippen LogP contribution in [0, 0.1) is 23.1 Å². The number of nitrogens with zero attached hydrogens (tertiary/aromatic N) is 2. The molecule has 0 radical (unpaired) electrons. The SMILES string of the molecule is CN1C2COCC1CC(C(=O)c1ccc(F)c(CC#N)c1)C2. The minimum atomic E-state index is -0.424. The summed E-state index contributed by atoms with van der Waals surface area (Å²) in [6, 6.07) is 6.85. The molecule has 2 heterocycles. The van der Waals surface area contributed by atoms with E-state index in [1.54, 1.807) is 0 Å². The molecule has 0 N–H and O–H groups in total. The van der Waals surface area contributed by atoms with E-state index in [0.717, 1.165) is 12.8 Å². The van der Waals surface area contributed by atoms with E-state index >= 15 is 0 Å². The van der Waals surface area contributed by atoms with Crippen LogP contribution in [-0.4, -0.2) is 43.0 Å². The van der Waals surface area contributed by atoms with Crippen molar-refractivity contribution in [3.05, 3.63) is 35.1 Å². The fourth-order valence-electron chi connectivity index (χ4n) is 3.49. The van der Waals surface area contributed by atoms with E-state index in [0.29, 0.717) is 24.3 Å². The summed E-state index contributed by atoms with van der Waals surface area (Å²) < 4.78 is 19.2. The van der Waals surface area contributed by atoms with E-state index in [-0.39, 0.29) is 30.2 Å². The summed E-state index contributed by atoms with van der Waals surface area (Å²) in [5.41, 5.74) is 0.810. The minimum Gasteiger partial charge on any atom is -0.378 e. The lowest BCUT2D eigenvalue weighted by Crippen LogP contribution is -2.55. The summed E-state index contributed by atoms with van der Waals surface area (Å²) in [4.78, 5) is 15.0. The van der Waals surface area contributed by atoms with Gasteiger partial charge in [-0.1, -0.05) is 0 Å². The molecule has 3 rings (SSSR count). The molecule has 0 spiro atoms. The lowest BCUT2D eigenvalue weighted by Gasteiger charge is -2.46. The van der Waals surface area contributed by atoms with Crippen molar-refractivity contribution in [3.63, 3.8) is 0 Å². The quantitative estimate of drug-likeness (QED) is 0.803. The third-order valence-corrected chi connectivity index (χ3v) is 4.86. The number of nitriles is 1. The van der Waals surface area contributed by atoms with Crippen LogP contribution in [0.25, 0.3) is 0 Å². The third kappa shape index (κ3) is 2.77. The lowest BCUT2D eigenvalue weighted by atomic mass is 9.81. The van der Waals surface area contributed by atoms with Crippen LogP contribution in [0.5, 0.6) is 0 Å². The molecule has 116 valence electrons. The number of hydrogen-bond donors (Lipinski definition) is 0. The summed E-state index contributed by atoms with van der Waals surface area (Å²) in [5.74, 6) is -0.411. The Morgan fingerprint density at radius 3 is 2.73 bits per heavy atom. The zero-order chi connectivity index (χ0) is 15.7. The molecular weight excluding hydrogens is 283 g/mol. The predicted molar refractivity (Wildman–Crippen MR) is 78.9 cm³/mol. The summed E-state index contributed by atoms with van der Waals surface area (Å²) in [5, 5.41) is 8.74. The van der Waals surface area contributed by atoms with Crippen LogP contribution in [0.4, 0.5) is 4.39 Å². The van der Waals surface area contributed by atoms with Gasteiger partial charge in [0, 0.05) is 29.1 Å². The van der Waals surface area contributed by atoms with Gasteiger partial charge in [0.25, 0.3) is 0 Å². The Morgan fingerprint density at radius 2 is 2.09 bits per heavy atom. The van der Waals surface area contributed by atoms with E-state index < -0.39 is 5.82 Å². The van der Waals surface area contributed by atoms with E-state index in [1.165, 1.54) is 18.2 Å². The fourth-order valence-corrected chi connectivity index (χ4v) is 3.49. The van der Waals surface area contributed by atoms with Crippen molar-refractivity contribution < 1.29 is 13.9 Å². The topological polar surface area (TPSA) is 53.3 Å². The summed E-state index contributed by atoms with van der Waals surface area (Å²) in [6.07, 6.45) is 1.53. The number of Topliss-reactive ketones (excluding diaryl/α,β-unsaturated/α-hetero) is 1. The molecule has 0 aliphatic carbocycles. The second-order valence-electron chi connectivity index (χ2n) is 6.18. The van der Waals surface area contributed by atoms with Crippen molar-refractivity contribution in [1.82, 2.24) is 4.90 Å². The molecule has 2 bridgehead atoms. The maximum Gasteiger partial charge on any atom is 0.166 e. The normalized spacial score (nSPS) is 28.1. The first-order valence-electron chi connectivity index (χ1n) is 7.59. The van der Waals surface area contributed by atoms with Gasteiger partial charge in [-0.25, -0.2) is 4.39 Å². The highest BCUT2D eigenvalue weighted by Gasteiger charge is 2.39. The van der Waals surface area contributed by atoms with E-state index in [2.05, 4.69) is 11.9 Å². The van der Waals surface area contributed by atoms with Gasteiger partial charge in [0.15, 0.2) is 5.78 Å². The first-order valence-corrected chi connectivity index (χ1v) is 7.59. The molecular formula is C17H19FN2O2. The molecule has 4 nitrogen and oxygen atoms in total. The molecule has 2 saturated heterocycles. The average molecular weight is 302 g/mol.